The first kappa shape index (κ1) is 10.9. The average Bonchev–Trinajstić information content (AvgIpc) is 2.63. The van der Waals surface area contributed by atoms with Gasteiger partial charge in [-0.2, -0.15) is 0 Å². The Bertz CT molecular complexity index is 313. The lowest BCUT2D eigenvalue weighted by Crippen LogP contribution is -2.25. The van der Waals surface area contributed by atoms with Gasteiger partial charge in [-0.15, -0.1) is 11.3 Å². The van der Waals surface area contributed by atoms with Crippen molar-refractivity contribution in [2.45, 2.75) is 45.3 Å². The summed E-state index contributed by atoms with van der Waals surface area (Å²) in [6, 6.07) is 0. The first-order chi connectivity index (χ1) is 7.25. The van der Waals surface area contributed by atoms with Crippen LogP contribution in [0.1, 0.15) is 38.3 Å². The van der Waals surface area contributed by atoms with Gasteiger partial charge in [0.25, 0.3) is 0 Å². The normalized spacial score (nSPS) is 26.7. The number of rotatable bonds is 3. The fraction of sp³-hybridized carbons (Fsp3) is 0.727. The Labute approximate surface area is 94.7 Å². The Kier molecular flexibility index (Phi) is 3.59. The number of anilines is 1. The summed E-state index contributed by atoms with van der Waals surface area (Å²) in [6.45, 7) is 2.89. The van der Waals surface area contributed by atoms with E-state index in [1.54, 1.807) is 0 Å². The summed E-state index contributed by atoms with van der Waals surface area (Å²) in [4.78, 5) is 4.19. The van der Waals surface area contributed by atoms with Gasteiger partial charge in [-0.05, 0) is 18.8 Å². The largest absolute Gasteiger partial charge is 0.375 e. The standard InChI is InChI=1S/C11H18N2OS/c1-8-4-2-3-5-10(8)14-6-9-7-15-11(12)13-9/h7-8,10H,2-6H2,1H3,(H2,12,13). The molecule has 0 aromatic carbocycles. The maximum atomic E-state index is 5.88. The number of nitrogens with two attached hydrogens (primary N) is 1. The lowest BCUT2D eigenvalue weighted by molar-refractivity contribution is -0.0165. The summed E-state index contributed by atoms with van der Waals surface area (Å²) in [5.41, 5.74) is 6.53. The first-order valence-electron chi connectivity index (χ1n) is 5.57. The van der Waals surface area contributed by atoms with Gasteiger partial charge in [0, 0.05) is 5.38 Å². The van der Waals surface area contributed by atoms with Crippen molar-refractivity contribution in [1.82, 2.24) is 4.98 Å². The molecule has 2 unspecified atom stereocenters. The van der Waals surface area contributed by atoms with Gasteiger partial charge in [-0.1, -0.05) is 19.8 Å². The Morgan fingerprint density at radius 2 is 2.33 bits per heavy atom. The predicted octanol–water partition coefficient (Wildman–Crippen LogP) is 2.82. The van der Waals surface area contributed by atoms with E-state index in [1.165, 1.54) is 37.0 Å². The third-order valence-electron chi connectivity index (χ3n) is 3.05. The van der Waals surface area contributed by atoms with Gasteiger partial charge in [0.05, 0.1) is 18.4 Å². The van der Waals surface area contributed by atoms with Gasteiger partial charge in [0.2, 0.25) is 0 Å². The molecule has 1 aliphatic carbocycles. The van der Waals surface area contributed by atoms with Gasteiger partial charge in [0.15, 0.2) is 5.13 Å². The zero-order valence-electron chi connectivity index (χ0n) is 9.11. The van der Waals surface area contributed by atoms with Crippen LogP contribution >= 0.6 is 11.3 Å². The molecule has 0 aliphatic heterocycles. The van der Waals surface area contributed by atoms with Gasteiger partial charge in [-0.25, -0.2) is 4.98 Å². The summed E-state index contributed by atoms with van der Waals surface area (Å²) >= 11 is 1.48. The molecular formula is C11H18N2OS. The number of hydrogen-bond donors (Lipinski definition) is 1. The number of nitrogens with zero attached hydrogens (tertiary/aromatic N) is 1. The number of ether oxygens (including phenoxy) is 1. The van der Waals surface area contributed by atoms with Crippen molar-refractivity contribution < 1.29 is 4.74 Å². The van der Waals surface area contributed by atoms with Gasteiger partial charge in [0.1, 0.15) is 0 Å². The van der Waals surface area contributed by atoms with E-state index >= 15 is 0 Å². The van der Waals surface area contributed by atoms with Crippen LogP contribution in [0.4, 0.5) is 5.13 Å². The predicted molar refractivity (Wildman–Crippen MR) is 62.7 cm³/mol. The van der Waals surface area contributed by atoms with Crippen LogP contribution in [0.3, 0.4) is 0 Å². The second kappa shape index (κ2) is 4.94. The summed E-state index contributed by atoms with van der Waals surface area (Å²) in [7, 11) is 0. The second-order valence-corrected chi connectivity index (χ2v) is 5.18. The molecule has 1 aliphatic rings. The Hall–Kier alpha value is -0.610. The average molecular weight is 226 g/mol. The summed E-state index contributed by atoms with van der Waals surface area (Å²) < 4.78 is 5.88. The topological polar surface area (TPSA) is 48.1 Å². The van der Waals surface area contributed by atoms with Crippen molar-refractivity contribution in [1.29, 1.82) is 0 Å². The highest BCUT2D eigenvalue weighted by Crippen LogP contribution is 2.27. The van der Waals surface area contributed by atoms with E-state index in [2.05, 4.69) is 11.9 Å². The van der Waals surface area contributed by atoms with Gasteiger partial charge in [-0.3, -0.25) is 0 Å². The smallest absolute Gasteiger partial charge is 0.180 e. The maximum Gasteiger partial charge on any atom is 0.180 e. The Morgan fingerprint density at radius 1 is 1.53 bits per heavy atom. The molecule has 1 aromatic rings. The summed E-state index contributed by atoms with van der Waals surface area (Å²) in [5.74, 6) is 0.690. The number of aromatic nitrogens is 1. The van der Waals surface area contributed by atoms with Gasteiger partial charge < -0.3 is 10.5 Å². The van der Waals surface area contributed by atoms with E-state index in [1.807, 2.05) is 5.38 Å². The molecular weight excluding hydrogens is 208 g/mol. The minimum atomic E-state index is 0.418. The molecule has 0 saturated heterocycles. The molecule has 0 spiro atoms. The molecule has 0 bridgehead atoms. The van der Waals surface area contributed by atoms with Crippen LogP contribution in [-0.2, 0) is 11.3 Å². The molecule has 2 atom stereocenters. The van der Waals surface area contributed by atoms with E-state index in [0.717, 1.165) is 5.69 Å². The molecule has 84 valence electrons. The van der Waals surface area contributed by atoms with Crippen molar-refractivity contribution in [3.63, 3.8) is 0 Å². The molecule has 4 heteroatoms. The monoisotopic (exact) mass is 226 g/mol. The SMILES string of the molecule is CC1CCCCC1OCc1csc(N)n1. The fourth-order valence-electron chi connectivity index (χ4n) is 2.11. The third kappa shape index (κ3) is 2.92. The van der Waals surface area contributed by atoms with E-state index in [0.29, 0.717) is 23.8 Å². The molecule has 1 heterocycles. The number of hydrogen-bond acceptors (Lipinski definition) is 4. The minimum absolute atomic E-state index is 0.418. The van der Waals surface area contributed by atoms with Crippen LogP contribution in [-0.4, -0.2) is 11.1 Å². The van der Waals surface area contributed by atoms with Crippen LogP contribution < -0.4 is 5.73 Å². The summed E-state index contributed by atoms with van der Waals surface area (Å²) in [5, 5.41) is 2.60. The van der Waals surface area contributed by atoms with E-state index < -0.39 is 0 Å². The molecule has 2 N–H and O–H groups in total. The molecule has 1 saturated carbocycles. The third-order valence-corrected chi connectivity index (χ3v) is 3.77. The molecule has 2 rings (SSSR count). The zero-order chi connectivity index (χ0) is 10.7. The summed E-state index contributed by atoms with van der Waals surface area (Å²) in [6.07, 6.45) is 5.56. The Balaban J connectivity index is 1.81. The minimum Gasteiger partial charge on any atom is -0.375 e. The highest BCUT2D eigenvalue weighted by atomic mass is 32.1. The number of thiazole rings is 1. The number of nitrogen functional groups attached to an aromatic ring is 1. The molecule has 0 amide bonds. The van der Waals surface area contributed by atoms with Crippen LogP contribution in [0.15, 0.2) is 5.38 Å². The van der Waals surface area contributed by atoms with Crippen molar-refractivity contribution in [2.75, 3.05) is 5.73 Å². The van der Waals surface area contributed by atoms with Crippen molar-refractivity contribution in [3.05, 3.63) is 11.1 Å². The van der Waals surface area contributed by atoms with E-state index in [9.17, 15) is 0 Å². The fourth-order valence-corrected chi connectivity index (χ4v) is 2.66. The van der Waals surface area contributed by atoms with Crippen LogP contribution in [0.2, 0.25) is 0 Å². The zero-order valence-corrected chi connectivity index (χ0v) is 9.93. The lowest BCUT2D eigenvalue weighted by Gasteiger charge is -2.28. The highest BCUT2D eigenvalue weighted by Gasteiger charge is 2.21. The molecule has 1 aromatic heterocycles. The Morgan fingerprint density at radius 3 is 3.00 bits per heavy atom. The van der Waals surface area contributed by atoms with Gasteiger partial charge >= 0.3 is 0 Å². The highest BCUT2D eigenvalue weighted by molar-refractivity contribution is 7.13. The van der Waals surface area contributed by atoms with Crippen LogP contribution in [0, 0.1) is 5.92 Å². The lowest BCUT2D eigenvalue weighted by atomic mass is 9.88. The van der Waals surface area contributed by atoms with Crippen LogP contribution in [0.25, 0.3) is 0 Å². The van der Waals surface area contributed by atoms with E-state index in [4.69, 9.17) is 10.5 Å². The van der Waals surface area contributed by atoms with Crippen molar-refractivity contribution in [3.8, 4) is 0 Å². The van der Waals surface area contributed by atoms with Crippen LogP contribution in [0.5, 0.6) is 0 Å². The second-order valence-electron chi connectivity index (χ2n) is 4.29. The molecule has 3 nitrogen and oxygen atoms in total. The van der Waals surface area contributed by atoms with Crippen molar-refractivity contribution in [2.24, 2.45) is 5.92 Å². The maximum absolute atomic E-state index is 5.88. The first-order valence-corrected chi connectivity index (χ1v) is 6.45. The molecule has 0 radical (unpaired) electrons. The van der Waals surface area contributed by atoms with E-state index in [-0.39, 0.29) is 0 Å². The quantitative estimate of drug-likeness (QED) is 0.862. The van der Waals surface area contributed by atoms with Crippen molar-refractivity contribution >= 4 is 16.5 Å². The molecule has 1 fully saturated rings. The molecule has 15 heavy (non-hydrogen) atoms.